The van der Waals surface area contributed by atoms with E-state index in [1.165, 1.54) is 4.88 Å². The number of hydrogen-bond acceptors (Lipinski definition) is 4. The van der Waals surface area contributed by atoms with Crippen molar-refractivity contribution < 1.29 is 14.3 Å². The molecule has 1 aliphatic rings. The lowest BCUT2D eigenvalue weighted by Gasteiger charge is -2.25. The quantitative estimate of drug-likeness (QED) is 0.691. The number of ether oxygens (including phenoxy) is 2. The van der Waals surface area contributed by atoms with Crippen LogP contribution in [0.4, 0.5) is 0 Å². The van der Waals surface area contributed by atoms with Crippen LogP contribution in [0.2, 0.25) is 0 Å². The second-order valence-corrected chi connectivity index (χ2v) is 7.84. The van der Waals surface area contributed by atoms with Crippen LogP contribution in [-0.4, -0.2) is 36.7 Å². The number of benzene rings is 1. The molecule has 1 atom stereocenters. The lowest BCUT2D eigenvalue weighted by molar-refractivity contribution is -0.133. The SMILES string of the molecule is Cc1cccc(C)c1OCCC(=O)N(Cc1cccs1)CC1CCCO1. The van der Waals surface area contributed by atoms with Crippen molar-refractivity contribution in [2.45, 2.75) is 45.8 Å². The molecule has 0 radical (unpaired) electrons. The van der Waals surface area contributed by atoms with Gasteiger partial charge in [0, 0.05) is 18.0 Å². The molecule has 3 rings (SSSR count). The zero-order valence-electron chi connectivity index (χ0n) is 15.6. The molecule has 1 saturated heterocycles. The maximum atomic E-state index is 12.8. The molecule has 1 aromatic carbocycles. The van der Waals surface area contributed by atoms with E-state index in [9.17, 15) is 4.79 Å². The summed E-state index contributed by atoms with van der Waals surface area (Å²) < 4.78 is 11.7. The van der Waals surface area contributed by atoms with Crippen molar-refractivity contribution in [2.75, 3.05) is 19.8 Å². The maximum Gasteiger partial charge on any atom is 0.226 e. The van der Waals surface area contributed by atoms with Crippen molar-refractivity contribution in [2.24, 2.45) is 0 Å². The number of carbonyl (C=O) groups excluding carboxylic acids is 1. The van der Waals surface area contributed by atoms with Crippen LogP contribution in [0.5, 0.6) is 5.75 Å². The van der Waals surface area contributed by atoms with Gasteiger partial charge >= 0.3 is 0 Å². The van der Waals surface area contributed by atoms with Crippen LogP contribution in [0, 0.1) is 13.8 Å². The Morgan fingerprint density at radius 1 is 1.27 bits per heavy atom. The number of hydrogen-bond donors (Lipinski definition) is 0. The van der Waals surface area contributed by atoms with E-state index in [1.54, 1.807) is 11.3 Å². The summed E-state index contributed by atoms with van der Waals surface area (Å²) in [4.78, 5) is 15.9. The third-order valence-electron chi connectivity index (χ3n) is 4.70. The Labute approximate surface area is 159 Å². The molecule has 140 valence electrons. The molecule has 4 nitrogen and oxygen atoms in total. The number of carbonyl (C=O) groups is 1. The Morgan fingerprint density at radius 2 is 2.08 bits per heavy atom. The molecule has 1 aliphatic heterocycles. The van der Waals surface area contributed by atoms with Gasteiger partial charge < -0.3 is 14.4 Å². The zero-order chi connectivity index (χ0) is 18.4. The molecule has 2 heterocycles. The second-order valence-electron chi connectivity index (χ2n) is 6.81. The normalized spacial score (nSPS) is 16.6. The van der Waals surface area contributed by atoms with Crippen molar-refractivity contribution in [1.82, 2.24) is 4.90 Å². The first-order valence-electron chi connectivity index (χ1n) is 9.24. The lowest BCUT2D eigenvalue weighted by Crippen LogP contribution is -2.37. The predicted octanol–water partition coefficient (Wildman–Crippen LogP) is 4.34. The van der Waals surface area contributed by atoms with Gasteiger partial charge in [-0.2, -0.15) is 0 Å². The number of aryl methyl sites for hydroxylation is 2. The van der Waals surface area contributed by atoms with E-state index in [4.69, 9.17) is 9.47 Å². The summed E-state index contributed by atoms with van der Waals surface area (Å²) in [6.07, 6.45) is 2.67. The Balaban J connectivity index is 1.57. The van der Waals surface area contributed by atoms with Gasteiger partial charge in [-0.3, -0.25) is 4.79 Å². The van der Waals surface area contributed by atoms with Gasteiger partial charge in [0.2, 0.25) is 5.91 Å². The first-order chi connectivity index (χ1) is 12.6. The molecule has 2 aromatic rings. The number of thiophene rings is 1. The molecular weight excluding hydrogens is 346 g/mol. The smallest absolute Gasteiger partial charge is 0.226 e. The van der Waals surface area contributed by atoms with Crippen LogP contribution in [-0.2, 0) is 16.1 Å². The standard InChI is InChI=1S/C21H27NO3S/c1-16-6-3-7-17(2)21(16)25-12-10-20(23)22(14-18-8-4-11-24-18)15-19-9-5-13-26-19/h3,5-7,9,13,18H,4,8,10-12,14-15H2,1-2H3. The molecule has 26 heavy (non-hydrogen) atoms. The summed E-state index contributed by atoms with van der Waals surface area (Å²) in [5.41, 5.74) is 2.21. The predicted molar refractivity (Wildman–Crippen MR) is 105 cm³/mol. The van der Waals surface area contributed by atoms with Gasteiger partial charge in [-0.05, 0) is 49.3 Å². The van der Waals surface area contributed by atoms with E-state index < -0.39 is 0 Å². The van der Waals surface area contributed by atoms with Crippen LogP contribution in [0.15, 0.2) is 35.7 Å². The van der Waals surface area contributed by atoms with Crippen LogP contribution in [0.1, 0.15) is 35.3 Å². The zero-order valence-corrected chi connectivity index (χ0v) is 16.4. The highest BCUT2D eigenvalue weighted by Crippen LogP contribution is 2.23. The minimum atomic E-state index is 0.125. The first-order valence-corrected chi connectivity index (χ1v) is 10.1. The van der Waals surface area contributed by atoms with Gasteiger partial charge in [0.05, 0.1) is 25.7 Å². The average molecular weight is 374 g/mol. The van der Waals surface area contributed by atoms with Crippen molar-refractivity contribution in [3.05, 3.63) is 51.7 Å². The maximum absolute atomic E-state index is 12.8. The Hall–Kier alpha value is -1.85. The summed E-state index contributed by atoms with van der Waals surface area (Å²) in [7, 11) is 0. The van der Waals surface area contributed by atoms with Gasteiger partial charge in [0.15, 0.2) is 0 Å². The highest BCUT2D eigenvalue weighted by Gasteiger charge is 2.23. The van der Waals surface area contributed by atoms with Gasteiger partial charge in [0.1, 0.15) is 5.75 Å². The first kappa shape index (κ1) is 18.9. The Bertz CT molecular complexity index is 688. The fourth-order valence-electron chi connectivity index (χ4n) is 3.30. The highest BCUT2D eigenvalue weighted by molar-refractivity contribution is 7.09. The Morgan fingerprint density at radius 3 is 2.73 bits per heavy atom. The summed E-state index contributed by atoms with van der Waals surface area (Å²) in [6.45, 7) is 6.59. The van der Waals surface area contributed by atoms with E-state index in [0.29, 0.717) is 26.1 Å². The average Bonchev–Trinajstić information content (AvgIpc) is 3.31. The van der Waals surface area contributed by atoms with E-state index in [0.717, 1.165) is 36.3 Å². The fraction of sp³-hybridized carbons (Fsp3) is 0.476. The molecule has 0 aliphatic carbocycles. The number of rotatable bonds is 8. The second kappa shape index (κ2) is 9.19. The van der Waals surface area contributed by atoms with Crippen molar-refractivity contribution in [3.8, 4) is 5.75 Å². The highest BCUT2D eigenvalue weighted by atomic mass is 32.1. The molecule has 0 N–H and O–H groups in total. The van der Waals surface area contributed by atoms with Gasteiger partial charge in [-0.25, -0.2) is 0 Å². The summed E-state index contributed by atoms with van der Waals surface area (Å²) in [6, 6.07) is 10.2. The van der Waals surface area contributed by atoms with E-state index in [2.05, 4.69) is 6.07 Å². The summed E-state index contributed by atoms with van der Waals surface area (Å²) in [5, 5.41) is 2.05. The number of para-hydroxylation sites is 1. The van der Waals surface area contributed by atoms with Crippen LogP contribution in [0.3, 0.4) is 0 Å². The van der Waals surface area contributed by atoms with Gasteiger partial charge in [-0.15, -0.1) is 11.3 Å². The monoisotopic (exact) mass is 373 g/mol. The van der Waals surface area contributed by atoms with Gasteiger partial charge in [-0.1, -0.05) is 24.3 Å². The third-order valence-corrected chi connectivity index (χ3v) is 5.56. The topological polar surface area (TPSA) is 38.8 Å². The van der Waals surface area contributed by atoms with Crippen LogP contribution >= 0.6 is 11.3 Å². The minimum Gasteiger partial charge on any atom is -0.493 e. The molecule has 1 aromatic heterocycles. The lowest BCUT2D eigenvalue weighted by atomic mass is 10.1. The minimum absolute atomic E-state index is 0.125. The van der Waals surface area contributed by atoms with Crippen molar-refractivity contribution >= 4 is 17.2 Å². The van der Waals surface area contributed by atoms with Crippen LogP contribution in [0.25, 0.3) is 0 Å². The molecule has 0 spiro atoms. The molecule has 5 heteroatoms. The summed E-state index contributed by atoms with van der Waals surface area (Å²) in [5.74, 6) is 1.02. The van der Waals surface area contributed by atoms with E-state index >= 15 is 0 Å². The summed E-state index contributed by atoms with van der Waals surface area (Å²) >= 11 is 1.69. The molecule has 1 fully saturated rings. The Kier molecular flexibility index (Phi) is 6.69. The number of nitrogens with zero attached hydrogens (tertiary/aromatic N) is 1. The van der Waals surface area contributed by atoms with E-state index in [-0.39, 0.29) is 12.0 Å². The fourth-order valence-corrected chi connectivity index (χ4v) is 4.02. The van der Waals surface area contributed by atoms with Gasteiger partial charge in [0.25, 0.3) is 0 Å². The largest absolute Gasteiger partial charge is 0.493 e. The van der Waals surface area contributed by atoms with Crippen molar-refractivity contribution in [1.29, 1.82) is 0 Å². The molecule has 0 bridgehead atoms. The van der Waals surface area contributed by atoms with Crippen LogP contribution < -0.4 is 4.74 Å². The third kappa shape index (κ3) is 5.08. The molecule has 0 saturated carbocycles. The van der Waals surface area contributed by atoms with E-state index in [1.807, 2.05) is 48.4 Å². The molecular formula is C21H27NO3S. The van der Waals surface area contributed by atoms with Crippen molar-refractivity contribution in [3.63, 3.8) is 0 Å². The number of amides is 1. The molecule has 1 unspecified atom stereocenters. The molecule has 1 amide bonds.